The van der Waals surface area contributed by atoms with Crippen LogP contribution in [0, 0.1) is 18.8 Å². The van der Waals surface area contributed by atoms with E-state index in [1.165, 1.54) is 6.07 Å². The lowest BCUT2D eigenvalue weighted by atomic mass is 9.88. The van der Waals surface area contributed by atoms with Crippen LogP contribution in [0.3, 0.4) is 0 Å². The molecule has 1 amide bonds. The van der Waals surface area contributed by atoms with Gasteiger partial charge in [0, 0.05) is 45.5 Å². The van der Waals surface area contributed by atoms with Crippen LogP contribution >= 0.6 is 0 Å². The second kappa shape index (κ2) is 9.17. The number of aromatic hydroxyl groups is 1. The van der Waals surface area contributed by atoms with Crippen LogP contribution in [0.25, 0.3) is 0 Å². The first-order chi connectivity index (χ1) is 11.9. The number of aliphatic hydroxyl groups is 1. The lowest BCUT2D eigenvalue weighted by Gasteiger charge is -2.38. The first-order valence-electron chi connectivity index (χ1n) is 8.81. The molecule has 6 heteroatoms. The van der Waals surface area contributed by atoms with Crippen molar-refractivity contribution in [1.29, 1.82) is 0 Å². The number of nitrogens with zero attached hydrogens (tertiary/aromatic N) is 2. The van der Waals surface area contributed by atoms with Gasteiger partial charge in [0.15, 0.2) is 0 Å². The summed E-state index contributed by atoms with van der Waals surface area (Å²) in [6.45, 7) is 5.50. The quantitative estimate of drug-likeness (QED) is 0.777. The minimum atomic E-state index is -0.0852. The van der Waals surface area contributed by atoms with Crippen molar-refractivity contribution >= 4 is 5.91 Å². The van der Waals surface area contributed by atoms with E-state index >= 15 is 0 Å². The first-order valence-corrected chi connectivity index (χ1v) is 8.81. The van der Waals surface area contributed by atoms with Crippen molar-refractivity contribution in [3.63, 3.8) is 0 Å². The van der Waals surface area contributed by atoms with Gasteiger partial charge in [0.25, 0.3) is 5.91 Å². The number of likely N-dealkylation sites (tertiary alicyclic amines) is 1. The molecule has 2 atom stereocenters. The van der Waals surface area contributed by atoms with Gasteiger partial charge in [-0.1, -0.05) is 6.07 Å². The Hall–Kier alpha value is -1.63. The fourth-order valence-corrected chi connectivity index (χ4v) is 3.45. The Kier molecular flexibility index (Phi) is 7.23. The average molecular weight is 350 g/mol. The van der Waals surface area contributed by atoms with Crippen LogP contribution in [0.1, 0.15) is 22.3 Å². The number of carbonyl (C=O) groups excluding carboxylic acids is 1. The van der Waals surface area contributed by atoms with E-state index in [9.17, 15) is 15.0 Å². The summed E-state index contributed by atoms with van der Waals surface area (Å²) in [5.41, 5.74) is 1.24. The summed E-state index contributed by atoms with van der Waals surface area (Å²) in [7, 11) is 3.74. The van der Waals surface area contributed by atoms with E-state index in [4.69, 9.17) is 4.74 Å². The largest absolute Gasteiger partial charge is 0.508 e. The van der Waals surface area contributed by atoms with Gasteiger partial charge in [-0.05, 0) is 49.9 Å². The van der Waals surface area contributed by atoms with Crippen molar-refractivity contribution in [2.75, 3.05) is 53.6 Å². The van der Waals surface area contributed by atoms with Gasteiger partial charge in [-0.15, -0.1) is 0 Å². The maximum absolute atomic E-state index is 12.8. The standard InChI is InChI=1S/C19H30N2O4/c1-14-4-5-17(9-18(14)23)19(24)21-11-15(8-16(12-21)13-22)10-20(2)6-7-25-3/h4-5,9,15-16,22-23H,6-8,10-13H2,1-3H3/t15-,16+/m0/s1. The number of phenolic OH excluding ortho intramolecular Hbond substituents is 1. The molecule has 25 heavy (non-hydrogen) atoms. The minimum Gasteiger partial charge on any atom is -0.508 e. The number of benzene rings is 1. The van der Waals surface area contributed by atoms with Crippen LogP contribution in [0.5, 0.6) is 5.75 Å². The molecule has 1 aliphatic heterocycles. The normalized spacial score (nSPS) is 20.9. The molecule has 140 valence electrons. The predicted octanol–water partition coefficient (Wildman–Crippen LogP) is 1.35. The molecule has 0 aliphatic carbocycles. The van der Waals surface area contributed by atoms with Gasteiger partial charge in [-0.25, -0.2) is 0 Å². The van der Waals surface area contributed by atoms with Crippen LogP contribution in [-0.4, -0.2) is 79.5 Å². The lowest BCUT2D eigenvalue weighted by molar-refractivity contribution is 0.0450. The number of ether oxygens (including phenoxy) is 1. The molecule has 0 aromatic heterocycles. The number of phenols is 1. The molecule has 0 bridgehead atoms. The molecule has 0 unspecified atom stereocenters. The minimum absolute atomic E-state index is 0.0845. The van der Waals surface area contributed by atoms with Crippen molar-refractivity contribution in [1.82, 2.24) is 9.80 Å². The molecule has 1 aromatic carbocycles. The number of hydrogen-bond donors (Lipinski definition) is 2. The number of hydrogen-bond acceptors (Lipinski definition) is 5. The van der Waals surface area contributed by atoms with E-state index in [-0.39, 0.29) is 24.2 Å². The summed E-state index contributed by atoms with van der Waals surface area (Å²) in [6, 6.07) is 5.03. The predicted molar refractivity (Wildman–Crippen MR) is 96.8 cm³/mol. The summed E-state index contributed by atoms with van der Waals surface area (Å²) in [5, 5.41) is 19.5. The Morgan fingerprint density at radius 1 is 1.36 bits per heavy atom. The first kappa shape index (κ1) is 19.7. The summed E-state index contributed by atoms with van der Waals surface area (Å²) >= 11 is 0. The third kappa shape index (κ3) is 5.42. The van der Waals surface area contributed by atoms with E-state index in [0.29, 0.717) is 31.2 Å². The van der Waals surface area contributed by atoms with Gasteiger partial charge in [0.1, 0.15) is 5.75 Å². The topological polar surface area (TPSA) is 73.2 Å². The molecule has 1 aromatic rings. The molecule has 2 N–H and O–H groups in total. The second-order valence-corrected chi connectivity index (χ2v) is 7.12. The van der Waals surface area contributed by atoms with Gasteiger partial charge in [-0.3, -0.25) is 4.79 Å². The zero-order chi connectivity index (χ0) is 18.4. The van der Waals surface area contributed by atoms with Crippen molar-refractivity contribution in [2.45, 2.75) is 13.3 Å². The molecule has 1 fully saturated rings. The summed E-state index contributed by atoms with van der Waals surface area (Å²) in [6.07, 6.45) is 0.913. The lowest BCUT2D eigenvalue weighted by Crippen LogP contribution is -2.47. The molecule has 1 heterocycles. The highest BCUT2D eigenvalue weighted by Gasteiger charge is 2.30. The fraction of sp³-hybridized carbons (Fsp3) is 0.632. The van der Waals surface area contributed by atoms with Gasteiger partial charge < -0.3 is 24.7 Å². The van der Waals surface area contributed by atoms with Crippen LogP contribution in [0.4, 0.5) is 0 Å². The van der Waals surface area contributed by atoms with Crippen molar-refractivity contribution in [3.8, 4) is 5.75 Å². The summed E-state index contributed by atoms with van der Waals surface area (Å²) in [5.74, 6) is 0.462. The molecular formula is C19H30N2O4. The highest BCUT2D eigenvalue weighted by molar-refractivity contribution is 5.94. The fourth-order valence-electron chi connectivity index (χ4n) is 3.45. The zero-order valence-corrected chi connectivity index (χ0v) is 15.4. The summed E-state index contributed by atoms with van der Waals surface area (Å²) in [4.78, 5) is 16.8. The third-order valence-electron chi connectivity index (χ3n) is 4.87. The van der Waals surface area contributed by atoms with E-state index in [0.717, 1.165) is 25.1 Å². The zero-order valence-electron chi connectivity index (χ0n) is 15.4. The van der Waals surface area contributed by atoms with Gasteiger partial charge in [0.2, 0.25) is 0 Å². The van der Waals surface area contributed by atoms with Gasteiger partial charge >= 0.3 is 0 Å². The number of aryl methyl sites for hydroxylation is 1. The van der Waals surface area contributed by atoms with Crippen molar-refractivity contribution < 1.29 is 19.7 Å². The molecule has 0 radical (unpaired) electrons. The number of carbonyl (C=O) groups is 1. The molecule has 1 saturated heterocycles. The number of aliphatic hydroxyl groups excluding tert-OH is 1. The second-order valence-electron chi connectivity index (χ2n) is 7.12. The Bertz CT molecular complexity index is 579. The SMILES string of the molecule is COCCN(C)C[C@@H]1C[C@@H](CO)CN(C(=O)c2ccc(C)c(O)c2)C1. The van der Waals surface area contributed by atoms with E-state index in [1.54, 1.807) is 26.2 Å². The number of amides is 1. The van der Waals surface area contributed by atoms with E-state index in [2.05, 4.69) is 4.90 Å². The number of likely N-dealkylation sites (N-methyl/N-ethyl adjacent to an activating group) is 1. The van der Waals surface area contributed by atoms with Gasteiger partial charge in [-0.2, -0.15) is 0 Å². The van der Waals surface area contributed by atoms with Crippen molar-refractivity contribution in [3.05, 3.63) is 29.3 Å². The van der Waals surface area contributed by atoms with Gasteiger partial charge in [0.05, 0.1) is 6.61 Å². The molecular weight excluding hydrogens is 320 g/mol. The Balaban J connectivity index is 2.05. The maximum atomic E-state index is 12.8. The van der Waals surface area contributed by atoms with E-state index in [1.807, 2.05) is 11.9 Å². The molecule has 2 rings (SSSR count). The highest BCUT2D eigenvalue weighted by atomic mass is 16.5. The van der Waals surface area contributed by atoms with Crippen LogP contribution in [0.15, 0.2) is 18.2 Å². The summed E-state index contributed by atoms with van der Waals surface area (Å²) < 4.78 is 5.11. The molecule has 6 nitrogen and oxygen atoms in total. The third-order valence-corrected chi connectivity index (χ3v) is 4.87. The maximum Gasteiger partial charge on any atom is 0.254 e. The molecule has 0 spiro atoms. The average Bonchev–Trinajstić information content (AvgIpc) is 2.61. The Morgan fingerprint density at radius 2 is 2.08 bits per heavy atom. The Morgan fingerprint density at radius 3 is 2.72 bits per heavy atom. The van der Waals surface area contributed by atoms with Crippen LogP contribution < -0.4 is 0 Å². The smallest absolute Gasteiger partial charge is 0.254 e. The highest BCUT2D eigenvalue weighted by Crippen LogP contribution is 2.25. The Labute approximate surface area is 150 Å². The number of piperidine rings is 1. The number of methoxy groups -OCH3 is 1. The number of rotatable bonds is 7. The molecule has 0 saturated carbocycles. The van der Waals surface area contributed by atoms with E-state index < -0.39 is 0 Å². The molecule has 1 aliphatic rings. The monoisotopic (exact) mass is 350 g/mol. The van der Waals surface area contributed by atoms with Crippen LogP contribution in [-0.2, 0) is 4.74 Å². The van der Waals surface area contributed by atoms with Crippen LogP contribution in [0.2, 0.25) is 0 Å². The van der Waals surface area contributed by atoms with Crippen molar-refractivity contribution in [2.24, 2.45) is 11.8 Å².